The maximum atomic E-state index is 13.3. The minimum Gasteiger partial charge on any atom is -0.492 e. The third kappa shape index (κ3) is 3.43. The second kappa shape index (κ2) is 6.69. The predicted molar refractivity (Wildman–Crippen MR) is 107 cm³/mol. The summed E-state index contributed by atoms with van der Waals surface area (Å²) >= 11 is 0. The topological polar surface area (TPSA) is 87.9 Å². The van der Waals surface area contributed by atoms with E-state index in [1.165, 1.54) is 4.57 Å². The van der Waals surface area contributed by atoms with E-state index < -0.39 is 21.6 Å². The predicted octanol–water partition coefficient (Wildman–Crippen LogP) is 3.99. The van der Waals surface area contributed by atoms with Crippen LogP contribution in [0.5, 0.6) is 5.75 Å². The van der Waals surface area contributed by atoms with Gasteiger partial charge in [0.1, 0.15) is 11.3 Å². The molecule has 2 aromatic heterocycles. The van der Waals surface area contributed by atoms with Crippen LogP contribution in [0.4, 0.5) is 8.78 Å². The van der Waals surface area contributed by atoms with Crippen molar-refractivity contribution in [2.75, 3.05) is 12.4 Å². The van der Waals surface area contributed by atoms with Gasteiger partial charge in [-0.1, -0.05) is 6.92 Å². The normalized spacial score (nSPS) is 19.8. The van der Waals surface area contributed by atoms with E-state index in [0.29, 0.717) is 32.7 Å². The minimum absolute atomic E-state index is 0.134. The van der Waals surface area contributed by atoms with E-state index in [1.807, 2.05) is 0 Å². The number of H-pyrrole nitrogens is 1. The Balaban J connectivity index is 1.87. The van der Waals surface area contributed by atoms with Crippen molar-refractivity contribution in [3.05, 3.63) is 47.0 Å². The maximum absolute atomic E-state index is 13.3. The number of hydrogen-bond donors (Lipinski definition) is 2. The Bertz CT molecular complexity index is 1260. The minimum atomic E-state index is -2.99. The lowest BCUT2D eigenvalue weighted by molar-refractivity contribution is 0.0857. The van der Waals surface area contributed by atoms with Gasteiger partial charge in [0.15, 0.2) is 0 Å². The molecule has 3 aromatic rings. The number of nitrogens with zero attached hydrogens (tertiary/aromatic N) is 1. The zero-order valence-corrected chi connectivity index (χ0v) is 16.8. The molecular weight excluding hydrogens is 400 g/mol. The van der Waals surface area contributed by atoms with Gasteiger partial charge in [-0.3, -0.25) is 4.79 Å². The first-order valence-corrected chi connectivity index (χ1v) is 10.9. The van der Waals surface area contributed by atoms with Crippen molar-refractivity contribution in [3.63, 3.8) is 0 Å². The highest BCUT2D eigenvalue weighted by Crippen LogP contribution is 2.49. The number of hydrogen-bond acceptors (Lipinski definition) is 4. The summed E-state index contributed by atoms with van der Waals surface area (Å²) in [4.78, 5) is 15.6. The van der Waals surface area contributed by atoms with Gasteiger partial charge in [-0.2, -0.15) is 0 Å². The molecule has 1 aliphatic rings. The molecule has 0 spiro atoms. The second-order valence-corrected chi connectivity index (χ2v) is 9.72. The van der Waals surface area contributed by atoms with Gasteiger partial charge in [0.2, 0.25) is 0 Å². The molecule has 9 heteroatoms. The number of nitrogens with one attached hydrogen (secondary N) is 2. The quantitative estimate of drug-likeness (QED) is 0.631. The Morgan fingerprint density at radius 3 is 2.72 bits per heavy atom. The first-order valence-electron chi connectivity index (χ1n) is 9.22. The summed E-state index contributed by atoms with van der Waals surface area (Å²) in [5.74, 6) is -3.02. The van der Waals surface area contributed by atoms with Crippen LogP contribution in [0.2, 0.25) is 0 Å². The lowest BCUT2D eigenvalue weighted by atomic mass is 10.0. The van der Waals surface area contributed by atoms with E-state index in [2.05, 4.69) is 4.98 Å². The van der Waals surface area contributed by atoms with Gasteiger partial charge >= 0.3 is 0 Å². The Morgan fingerprint density at radius 1 is 1.34 bits per heavy atom. The molecule has 29 heavy (non-hydrogen) atoms. The van der Waals surface area contributed by atoms with Crippen molar-refractivity contribution in [3.8, 4) is 16.9 Å². The van der Waals surface area contributed by atoms with Gasteiger partial charge in [0, 0.05) is 53.0 Å². The van der Waals surface area contributed by atoms with E-state index in [0.717, 1.165) is 0 Å². The number of aryl methyl sites for hydroxylation is 1. The molecule has 2 N–H and O–H groups in total. The number of benzene rings is 1. The highest BCUT2D eigenvalue weighted by atomic mass is 32.2. The summed E-state index contributed by atoms with van der Waals surface area (Å²) in [6, 6.07) is 6.46. The van der Waals surface area contributed by atoms with Crippen LogP contribution in [-0.4, -0.2) is 32.0 Å². The molecule has 1 fully saturated rings. The van der Waals surface area contributed by atoms with E-state index >= 15 is 0 Å². The van der Waals surface area contributed by atoms with Gasteiger partial charge in [-0.25, -0.2) is 17.8 Å². The molecular formula is C20H21F2N3O3S. The molecule has 6 nitrogen and oxygen atoms in total. The van der Waals surface area contributed by atoms with Crippen molar-refractivity contribution < 1.29 is 17.7 Å². The molecule has 154 valence electrons. The first kappa shape index (κ1) is 19.6. The molecule has 4 rings (SSSR count). The highest BCUT2D eigenvalue weighted by Gasteiger charge is 2.57. The molecule has 2 heterocycles. The number of halogens is 2. The number of fused-ring (bicyclic) bond motifs is 1. The fourth-order valence-electron chi connectivity index (χ4n) is 3.34. The Labute approximate surface area is 166 Å². The number of ether oxygens (including phenoxy) is 1. The van der Waals surface area contributed by atoms with Gasteiger partial charge in [-0.15, -0.1) is 0 Å². The number of pyridine rings is 1. The van der Waals surface area contributed by atoms with E-state index in [4.69, 9.17) is 9.52 Å². The number of alkyl halides is 2. The Hall–Kier alpha value is -2.68. The lowest BCUT2D eigenvalue weighted by Gasteiger charge is -2.16. The third-order valence-electron chi connectivity index (χ3n) is 5.32. The summed E-state index contributed by atoms with van der Waals surface area (Å²) in [7, 11) is -1.38. The molecule has 1 aliphatic carbocycles. The zero-order valence-electron chi connectivity index (χ0n) is 16.0. The van der Waals surface area contributed by atoms with Crippen LogP contribution in [-0.2, 0) is 16.8 Å². The summed E-state index contributed by atoms with van der Waals surface area (Å²) in [5.41, 5.74) is 1.34. The van der Waals surface area contributed by atoms with Gasteiger partial charge in [0.25, 0.3) is 11.5 Å². The molecule has 1 saturated carbocycles. The van der Waals surface area contributed by atoms with Gasteiger partial charge in [0.05, 0.1) is 22.3 Å². The number of aromatic amines is 1. The molecule has 0 aliphatic heterocycles. The zero-order chi connectivity index (χ0) is 21.0. The van der Waals surface area contributed by atoms with Crippen LogP contribution in [0.25, 0.3) is 22.0 Å². The molecule has 1 aromatic carbocycles. The molecule has 2 unspecified atom stereocenters. The molecule has 0 radical (unpaired) electrons. The molecule has 0 saturated heterocycles. The summed E-state index contributed by atoms with van der Waals surface area (Å²) < 4.78 is 54.4. The lowest BCUT2D eigenvalue weighted by Crippen LogP contribution is -2.16. The van der Waals surface area contributed by atoms with Crippen molar-refractivity contribution in [2.24, 2.45) is 13.0 Å². The van der Waals surface area contributed by atoms with Crippen LogP contribution in [0.15, 0.2) is 46.3 Å². The third-order valence-corrected chi connectivity index (χ3v) is 7.15. The van der Waals surface area contributed by atoms with Crippen LogP contribution in [0, 0.1) is 10.7 Å². The number of aromatic nitrogens is 2. The fourth-order valence-corrected chi connectivity index (χ4v) is 4.27. The van der Waals surface area contributed by atoms with Gasteiger partial charge in [-0.05, 0) is 24.3 Å². The van der Waals surface area contributed by atoms with Crippen molar-refractivity contribution in [1.29, 1.82) is 4.78 Å². The Morgan fingerprint density at radius 2 is 2.07 bits per heavy atom. The summed E-state index contributed by atoms with van der Waals surface area (Å²) in [6.45, 7) is 1.54. The van der Waals surface area contributed by atoms with E-state index in [-0.39, 0.29) is 24.3 Å². The van der Waals surface area contributed by atoms with Crippen molar-refractivity contribution in [2.45, 2.75) is 24.2 Å². The monoisotopic (exact) mass is 421 g/mol. The SMILES string of the molecule is CCS(=N)(=O)c1ccc(OCC2CC2(F)F)c(-c2cn(C)c(=O)c3[nH]ccc23)c1. The highest BCUT2D eigenvalue weighted by molar-refractivity contribution is 7.92. The van der Waals surface area contributed by atoms with Gasteiger partial charge < -0.3 is 14.3 Å². The second-order valence-electron chi connectivity index (χ2n) is 7.32. The smallest absolute Gasteiger partial charge is 0.274 e. The standard InChI is InChI=1S/C20H21F2N3O3S/c1-3-29(23,27)13-4-5-17(28-11-12-9-20(12,21)22)15(8-13)16-10-25(2)19(26)18-14(16)6-7-24-18/h4-8,10,12,23-24H,3,9,11H2,1-2H3. The van der Waals surface area contributed by atoms with Crippen LogP contribution < -0.4 is 10.3 Å². The van der Waals surface area contributed by atoms with Crippen molar-refractivity contribution >= 4 is 20.6 Å². The molecule has 0 amide bonds. The summed E-state index contributed by atoms with van der Waals surface area (Å²) in [6.07, 6.45) is 3.08. The van der Waals surface area contributed by atoms with E-state index in [1.54, 1.807) is 50.6 Å². The van der Waals surface area contributed by atoms with E-state index in [9.17, 15) is 17.8 Å². The molecule has 0 bridgehead atoms. The fraction of sp³-hybridized carbons (Fsp3) is 0.350. The van der Waals surface area contributed by atoms with Crippen LogP contribution in [0.3, 0.4) is 0 Å². The average Bonchev–Trinajstić information content (AvgIpc) is 3.06. The van der Waals surface area contributed by atoms with Crippen molar-refractivity contribution in [1.82, 2.24) is 9.55 Å². The first-order chi connectivity index (χ1) is 13.6. The van der Waals surface area contributed by atoms with Crippen LogP contribution in [0.1, 0.15) is 13.3 Å². The number of rotatable bonds is 6. The maximum Gasteiger partial charge on any atom is 0.274 e. The average molecular weight is 421 g/mol. The largest absolute Gasteiger partial charge is 0.492 e. The molecule has 2 atom stereocenters. The Kier molecular flexibility index (Phi) is 4.53. The summed E-state index contributed by atoms with van der Waals surface area (Å²) in [5, 5.41) is 0.639. The van der Waals surface area contributed by atoms with Crippen LogP contribution >= 0.6 is 0 Å².